The molecule has 2 atom stereocenters. The Morgan fingerprint density at radius 2 is 2.71 bits per heavy atom. The largest absolute Gasteiger partial charge is 0.285 e. The quantitative estimate of drug-likeness (QED) is 0.436. The van der Waals surface area contributed by atoms with E-state index in [2.05, 4.69) is 17.9 Å². The number of hydrogen-bond donors (Lipinski definition) is 0. The maximum atomic E-state index is 8.22. The molecule has 0 aromatic heterocycles. The van der Waals surface area contributed by atoms with Gasteiger partial charge >= 0.3 is 0 Å². The van der Waals surface area contributed by atoms with E-state index in [0.29, 0.717) is 0 Å². The van der Waals surface area contributed by atoms with Crippen molar-refractivity contribution in [3.8, 4) is 6.07 Å². The van der Waals surface area contributed by atoms with E-state index in [1.807, 2.05) is 0 Å². The van der Waals surface area contributed by atoms with Gasteiger partial charge in [0, 0.05) is 6.54 Å². The molecule has 0 spiro atoms. The van der Waals surface area contributed by atoms with E-state index in [4.69, 9.17) is 5.26 Å². The molecule has 1 saturated heterocycles. The van der Waals surface area contributed by atoms with E-state index in [1.54, 1.807) is 0 Å². The van der Waals surface area contributed by atoms with Crippen LogP contribution in [0.4, 0.5) is 0 Å². The van der Waals surface area contributed by atoms with Crippen LogP contribution in [0.25, 0.3) is 0 Å². The Morgan fingerprint density at radius 3 is 2.86 bits per heavy atom. The van der Waals surface area contributed by atoms with Crippen LogP contribution in [-0.2, 0) is 0 Å². The van der Waals surface area contributed by atoms with Crippen molar-refractivity contribution in [3.63, 3.8) is 0 Å². The van der Waals surface area contributed by atoms with Crippen LogP contribution in [0.5, 0.6) is 0 Å². The van der Waals surface area contributed by atoms with Gasteiger partial charge < -0.3 is 0 Å². The zero-order valence-corrected chi connectivity index (χ0v) is 4.39. The molecule has 2 heteroatoms. The number of hydrogen-bond acceptors (Lipinski definition) is 2. The van der Waals surface area contributed by atoms with Crippen molar-refractivity contribution in [3.05, 3.63) is 0 Å². The Kier molecular flexibility index (Phi) is 0.994. The molecule has 1 rings (SSSR count). The van der Waals surface area contributed by atoms with Crippen LogP contribution >= 0.6 is 0 Å². The minimum Gasteiger partial charge on any atom is -0.285 e. The lowest BCUT2D eigenvalue weighted by Gasteiger charge is -1.85. The zero-order chi connectivity index (χ0) is 5.28. The number of rotatable bonds is 1. The second kappa shape index (κ2) is 1.51. The van der Waals surface area contributed by atoms with Gasteiger partial charge in [0.2, 0.25) is 0 Å². The van der Waals surface area contributed by atoms with Gasteiger partial charge in [-0.1, -0.05) is 6.92 Å². The first-order valence-electron chi connectivity index (χ1n) is 2.52. The lowest BCUT2D eigenvalue weighted by atomic mass is 10.5. The van der Waals surface area contributed by atoms with Crippen molar-refractivity contribution in [1.82, 2.24) is 4.90 Å². The van der Waals surface area contributed by atoms with Crippen LogP contribution < -0.4 is 0 Å². The summed E-state index contributed by atoms with van der Waals surface area (Å²) >= 11 is 0. The van der Waals surface area contributed by atoms with E-state index < -0.39 is 0 Å². The molecule has 0 aromatic rings. The molecule has 0 saturated carbocycles. The molecule has 0 bridgehead atoms. The van der Waals surface area contributed by atoms with Crippen LogP contribution in [0.1, 0.15) is 6.92 Å². The van der Waals surface area contributed by atoms with Gasteiger partial charge in [0.05, 0.1) is 6.07 Å². The monoisotopic (exact) mass is 96.1 g/mol. The lowest BCUT2D eigenvalue weighted by molar-refractivity contribution is 0.569. The summed E-state index contributed by atoms with van der Waals surface area (Å²) in [6, 6.07) is 2.42. The van der Waals surface area contributed by atoms with Crippen molar-refractivity contribution in [2.45, 2.75) is 13.0 Å². The van der Waals surface area contributed by atoms with Gasteiger partial charge in [-0.15, -0.1) is 0 Å². The lowest BCUT2D eigenvalue weighted by Crippen LogP contribution is -1.96. The van der Waals surface area contributed by atoms with E-state index in [9.17, 15) is 0 Å². The van der Waals surface area contributed by atoms with Crippen molar-refractivity contribution >= 4 is 0 Å². The van der Waals surface area contributed by atoms with E-state index >= 15 is 0 Å². The van der Waals surface area contributed by atoms with Crippen molar-refractivity contribution in [1.29, 1.82) is 5.26 Å². The third-order valence-electron chi connectivity index (χ3n) is 1.27. The summed E-state index contributed by atoms with van der Waals surface area (Å²) in [5, 5.41) is 8.22. The standard InChI is InChI=1S/C5H8N2/c1-2-7-4-5(7)3-6/h5H,2,4H2,1H3. The highest BCUT2D eigenvalue weighted by Crippen LogP contribution is 2.13. The molecule has 38 valence electrons. The highest BCUT2D eigenvalue weighted by Gasteiger charge is 2.31. The van der Waals surface area contributed by atoms with E-state index in [1.165, 1.54) is 0 Å². The van der Waals surface area contributed by atoms with Gasteiger partial charge in [-0.3, -0.25) is 4.90 Å². The van der Waals surface area contributed by atoms with Gasteiger partial charge in [0.1, 0.15) is 6.04 Å². The third kappa shape index (κ3) is 0.726. The minimum absolute atomic E-state index is 0.255. The Labute approximate surface area is 43.3 Å². The molecule has 0 aromatic carbocycles. The number of nitriles is 1. The Bertz CT molecular complexity index is 103. The Morgan fingerprint density at radius 1 is 2.00 bits per heavy atom. The maximum Gasteiger partial charge on any atom is 0.111 e. The fourth-order valence-corrected chi connectivity index (χ4v) is 0.647. The molecule has 1 fully saturated rings. The van der Waals surface area contributed by atoms with Gasteiger partial charge in [-0.25, -0.2) is 0 Å². The summed E-state index contributed by atoms with van der Waals surface area (Å²) in [4.78, 5) is 2.11. The van der Waals surface area contributed by atoms with Crippen molar-refractivity contribution in [2.75, 3.05) is 13.1 Å². The van der Waals surface area contributed by atoms with Crippen LogP contribution in [-0.4, -0.2) is 24.0 Å². The second-order valence-corrected chi connectivity index (χ2v) is 1.73. The maximum absolute atomic E-state index is 8.22. The average molecular weight is 96.1 g/mol. The van der Waals surface area contributed by atoms with Crippen LogP contribution in [0.2, 0.25) is 0 Å². The molecule has 1 aliphatic heterocycles. The summed E-state index contributed by atoms with van der Waals surface area (Å²) in [7, 11) is 0. The van der Waals surface area contributed by atoms with Gasteiger partial charge in [0.15, 0.2) is 0 Å². The first-order chi connectivity index (χ1) is 3.38. The molecule has 0 aliphatic carbocycles. The smallest absolute Gasteiger partial charge is 0.111 e. The topological polar surface area (TPSA) is 26.8 Å². The van der Waals surface area contributed by atoms with Gasteiger partial charge in [0.25, 0.3) is 0 Å². The average Bonchev–Trinajstić information content (AvgIpc) is 2.43. The van der Waals surface area contributed by atoms with Crippen LogP contribution in [0, 0.1) is 11.3 Å². The molecule has 7 heavy (non-hydrogen) atoms. The molecule has 1 heterocycles. The zero-order valence-electron chi connectivity index (χ0n) is 4.39. The van der Waals surface area contributed by atoms with Crippen LogP contribution in [0.3, 0.4) is 0 Å². The van der Waals surface area contributed by atoms with E-state index in [-0.39, 0.29) is 6.04 Å². The number of nitrogens with zero attached hydrogens (tertiary/aromatic N) is 2. The molecule has 2 nitrogen and oxygen atoms in total. The molecular formula is C5H8N2. The summed E-state index contributed by atoms with van der Waals surface area (Å²) in [6.07, 6.45) is 0. The first kappa shape index (κ1) is 4.61. The fraction of sp³-hybridized carbons (Fsp3) is 0.800. The predicted octanol–water partition coefficient (Wildman–Crippen LogP) is 0.214. The fourth-order valence-electron chi connectivity index (χ4n) is 0.647. The number of likely N-dealkylation sites (N-methyl/N-ethyl adjacent to an activating group) is 1. The summed E-state index contributed by atoms with van der Waals surface area (Å²) < 4.78 is 0. The molecule has 1 aliphatic rings. The second-order valence-electron chi connectivity index (χ2n) is 1.73. The Balaban J connectivity index is 2.21. The predicted molar refractivity (Wildman–Crippen MR) is 26.6 cm³/mol. The van der Waals surface area contributed by atoms with Crippen molar-refractivity contribution < 1.29 is 0 Å². The van der Waals surface area contributed by atoms with Gasteiger partial charge in [-0.2, -0.15) is 5.26 Å². The molecular weight excluding hydrogens is 88.1 g/mol. The van der Waals surface area contributed by atoms with Gasteiger partial charge in [-0.05, 0) is 6.54 Å². The van der Waals surface area contributed by atoms with E-state index in [0.717, 1.165) is 13.1 Å². The SMILES string of the molecule is CCN1CC1C#N. The summed E-state index contributed by atoms with van der Waals surface area (Å²) in [5.74, 6) is 0. The third-order valence-corrected chi connectivity index (χ3v) is 1.27. The molecule has 0 radical (unpaired) electrons. The first-order valence-corrected chi connectivity index (χ1v) is 2.52. The summed E-state index contributed by atoms with van der Waals surface area (Å²) in [6.45, 7) is 4.09. The minimum atomic E-state index is 0.255. The molecule has 2 unspecified atom stereocenters. The molecule has 0 amide bonds. The van der Waals surface area contributed by atoms with Crippen LogP contribution in [0.15, 0.2) is 0 Å². The Hall–Kier alpha value is -0.550. The normalized spacial score (nSPS) is 37.1. The highest BCUT2D eigenvalue weighted by molar-refractivity contribution is 5.04. The summed E-state index contributed by atoms with van der Waals surface area (Å²) in [5.41, 5.74) is 0. The highest BCUT2D eigenvalue weighted by atomic mass is 15.3. The van der Waals surface area contributed by atoms with Crippen molar-refractivity contribution in [2.24, 2.45) is 0 Å². The molecule has 0 N–H and O–H groups in total.